The zero-order chi connectivity index (χ0) is 34.2. The molecule has 17 heteroatoms. The van der Waals surface area contributed by atoms with Gasteiger partial charge in [-0.05, 0) is 43.1 Å². The van der Waals surface area contributed by atoms with Crippen molar-refractivity contribution in [2.75, 3.05) is 13.2 Å². The van der Waals surface area contributed by atoms with Crippen LogP contribution in [0, 0.1) is 6.92 Å². The number of aromatic nitrogens is 2. The Morgan fingerprint density at radius 2 is 1.56 bits per heavy atom. The van der Waals surface area contributed by atoms with Crippen LogP contribution in [0.5, 0.6) is 5.75 Å². The van der Waals surface area contributed by atoms with Crippen molar-refractivity contribution >= 4 is 41.0 Å². The van der Waals surface area contributed by atoms with Gasteiger partial charge in [-0.1, -0.05) is 47.5 Å². The lowest BCUT2D eigenvalue weighted by atomic mass is 10.00. The number of benzene rings is 2. The van der Waals surface area contributed by atoms with E-state index in [-0.39, 0.29) is 22.0 Å². The monoisotopic (exact) mass is 676 g/mol. The number of aliphatic carboxylic acids is 2. The van der Waals surface area contributed by atoms with Crippen LogP contribution in [0.2, 0.25) is 10.0 Å². The Morgan fingerprint density at radius 3 is 2.02 bits per heavy atom. The molecule has 0 aliphatic rings. The summed E-state index contributed by atoms with van der Waals surface area (Å²) in [5.74, 6) is -4.39. The lowest BCUT2D eigenvalue weighted by Gasteiger charge is -2.17. The van der Waals surface area contributed by atoms with Gasteiger partial charge in [-0.25, -0.2) is 14.4 Å². The number of nitrogens with two attached hydrogens (primary N) is 1. The van der Waals surface area contributed by atoms with Gasteiger partial charge in [0.25, 0.3) is 11.5 Å². The summed E-state index contributed by atoms with van der Waals surface area (Å²) < 4.78 is 39.7. The van der Waals surface area contributed by atoms with Gasteiger partial charge in [-0.3, -0.25) is 14.2 Å². The molecule has 12 nitrogen and oxygen atoms in total. The minimum atomic E-state index is -5.08. The minimum Gasteiger partial charge on any atom is -0.493 e. The molecule has 1 amide bonds. The van der Waals surface area contributed by atoms with Crippen LogP contribution in [0.3, 0.4) is 0 Å². The summed E-state index contributed by atoms with van der Waals surface area (Å²) in [5, 5.41) is 19.4. The molecule has 1 heterocycles. The van der Waals surface area contributed by atoms with Gasteiger partial charge in [0.1, 0.15) is 11.8 Å². The smallest absolute Gasteiger partial charge is 0.490 e. The SMILES string of the molecule is Cc1c(-c2ccc(C[C@H](NC(=O)c3c(Cl)cc(OCCCN)cc3Cl)C(=O)O)cc2)c(=O)n(C)c(=O)n1C.O=C(O)C(F)(F)F. The number of hydrogen-bond acceptors (Lipinski definition) is 7. The number of nitrogens with zero attached hydrogens (tertiary/aromatic N) is 2. The van der Waals surface area contributed by atoms with E-state index in [2.05, 4.69) is 5.32 Å². The third-order valence-electron chi connectivity index (χ3n) is 6.35. The van der Waals surface area contributed by atoms with Crippen molar-refractivity contribution in [3.63, 3.8) is 0 Å². The Hall–Kier alpha value is -4.34. The van der Waals surface area contributed by atoms with Crippen molar-refractivity contribution in [3.8, 4) is 16.9 Å². The number of carboxylic acids is 2. The van der Waals surface area contributed by atoms with Gasteiger partial charge < -0.3 is 30.6 Å². The molecular weight excluding hydrogens is 648 g/mol. The summed E-state index contributed by atoms with van der Waals surface area (Å²) in [6, 6.07) is 8.23. The van der Waals surface area contributed by atoms with E-state index in [1.165, 1.54) is 23.7 Å². The third kappa shape index (κ3) is 9.57. The highest BCUT2D eigenvalue weighted by molar-refractivity contribution is 6.40. The average Bonchev–Trinajstić information content (AvgIpc) is 2.95. The van der Waals surface area contributed by atoms with E-state index in [0.29, 0.717) is 47.7 Å². The highest BCUT2D eigenvalue weighted by Gasteiger charge is 2.38. The third-order valence-corrected chi connectivity index (χ3v) is 6.94. The summed E-state index contributed by atoms with van der Waals surface area (Å²) in [6.45, 7) is 2.48. The molecule has 0 saturated heterocycles. The number of carboxylic acid groups (broad SMARTS) is 2. The predicted molar refractivity (Wildman–Crippen MR) is 159 cm³/mol. The molecule has 1 aromatic heterocycles. The van der Waals surface area contributed by atoms with E-state index in [4.69, 9.17) is 43.6 Å². The summed E-state index contributed by atoms with van der Waals surface area (Å²) >= 11 is 12.5. The second kappa shape index (κ2) is 15.6. The second-order valence-corrected chi connectivity index (χ2v) is 10.3. The number of alkyl halides is 3. The molecule has 0 radical (unpaired) electrons. The number of amides is 1. The minimum absolute atomic E-state index is 0.0143. The average molecular weight is 677 g/mol. The van der Waals surface area contributed by atoms with Crippen molar-refractivity contribution in [3.05, 3.63) is 84.1 Å². The molecule has 0 aliphatic carbocycles. The van der Waals surface area contributed by atoms with Crippen molar-refractivity contribution in [2.45, 2.75) is 32.0 Å². The number of carbonyl (C=O) groups excluding carboxylic acids is 1. The van der Waals surface area contributed by atoms with Crippen molar-refractivity contribution < 1.29 is 42.5 Å². The summed E-state index contributed by atoms with van der Waals surface area (Å²) in [6.07, 6.45) is -4.50. The van der Waals surface area contributed by atoms with Crippen LogP contribution in [0.1, 0.15) is 28.0 Å². The highest BCUT2D eigenvalue weighted by Crippen LogP contribution is 2.30. The second-order valence-electron chi connectivity index (χ2n) is 9.49. The number of hydrogen-bond donors (Lipinski definition) is 4. The molecule has 5 N–H and O–H groups in total. The van der Waals surface area contributed by atoms with Gasteiger partial charge in [0.05, 0.1) is 27.8 Å². The van der Waals surface area contributed by atoms with Crippen LogP contribution in [0.15, 0.2) is 46.0 Å². The fourth-order valence-corrected chi connectivity index (χ4v) is 4.51. The van der Waals surface area contributed by atoms with Crippen molar-refractivity contribution in [2.24, 2.45) is 19.8 Å². The fraction of sp³-hybridized carbons (Fsp3) is 0.321. The van der Waals surface area contributed by atoms with Crippen LogP contribution < -0.4 is 27.0 Å². The topological polar surface area (TPSA) is 183 Å². The van der Waals surface area contributed by atoms with E-state index >= 15 is 0 Å². The van der Waals surface area contributed by atoms with Gasteiger partial charge in [-0.2, -0.15) is 13.2 Å². The Labute approximate surface area is 263 Å². The lowest BCUT2D eigenvalue weighted by Crippen LogP contribution is -2.42. The first-order valence-corrected chi connectivity index (χ1v) is 13.7. The van der Waals surface area contributed by atoms with Gasteiger partial charge >= 0.3 is 23.8 Å². The largest absolute Gasteiger partial charge is 0.493 e. The Balaban J connectivity index is 0.000000900. The molecule has 0 bridgehead atoms. The molecule has 1 atom stereocenters. The van der Waals surface area contributed by atoms with Gasteiger partial charge in [0.2, 0.25) is 0 Å². The van der Waals surface area contributed by atoms with Crippen LogP contribution in [0.4, 0.5) is 13.2 Å². The molecule has 0 spiro atoms. The molecule has 0 unspecified atom stereocenters. The van der Waals surface area contributed by atoms with E-state index in [9.17, 15) is 37.5 Å². The van der Waals surface area contributed by atoms with E-state index in [1.54, 1.807) is 38.2 Å². The lowest BCUT2D eigenvalue weighted by molar-refractivity contribution is -0.192. The number of ether oxygens (including phenoxy) is 1. The Morgan fingerprint density at radius 1 is 1.02 bits per heavy atom. The number of halogens is 5. The molecule has 2 aromatic carbocycles. The zero-order valence-electron chi connectivity index (χ0n) is 24.1. The zero-order valence-corrected chi connectivity index (χ0v) is 25.6. The maximum atomic E-state index is 12.9. The van der Waals surface area contributed by atoms with E-state index < -0.39 is 41.3 Å². The van der Waals surface area contributed by atoms with E-state index in [0.717, 1.165) is 4.57 Å². The first-order valence-electron chi connectivity index (χ1n) is 12.9. The molecule has 244 valence electrons. The maximum absolute atomic E-state index is 12.9. The van der Waals surface area contributed by atoms with Crippen molar-refractivity contribution in [1.82, 2.24) is 14.5 Å². The number of carbonyl (C=O) groups is 3. The molecule has 0 fully saturated rings. The highest BCUT2D eigenvalue weighted by atomic mass is 35.5. The summed E-state index contributed by atoms with van der Waals surface area (Å²) in [7, 11) is 2.99. The van der Waals surface area contributed by atoms with Gasteiger partial charge in [0, 0.05) is 26.2 Å². The molecule has 0 aliphatic heterocycles. The van der Waals surface area contributed by atoms with Crippen LogP contribution in [-0.4, -0.2) is 62.6 Å². The molecular formula is C28H29Cl2F3N4O8. The van der Waals surface area contributed by atoms with Gasteiger partial charge in [0.15, 0.2) is 0 Å². The first-order chi connectivity index (χ1) is 20.9. The standard InChI is InChI=1S/C26H28Cl2N4O6.C2HF3O2/c1-14-21(24(34)32(3)26(37)31(14)2)16-7-5-15(6-8-16)11-20(25(35)36)30-23(33)22-18(27)12-17(13-19(22)28)38-10-4-9-29;3-2(4,5)1(6)7/h5-8,12-13,20H,4,9-11,29H2,1-3H3,(H,30,33)(H,35,36);(H,6,7)/t20-;/m0./s1. The molecule has 3 aromatic rings. The maximum Gasteiger partial charge on any atom is 0.490 e. The fourth-order valence-electron chi connectivity index (χ4n) is 3.88. The molecule has 0 saturated carbocycles. The Bertz CT molecular complexity index is 1670. The quantitative estimate of drug-likeness (QED) is 0.234. The van der Waals surface area contributed by atoms with E-state index in [1.807, 2.05) is 0 Å². The van der Waals surface area contributed by atoms with Crippen LogP contribution >= 0.6 is 23.2 Å². The normalized spacial score (nSPS) is 11.7. The van der Waals surface area contributed by atoms with Crippen LogP contribution in [0.25, 0.3) is 11.1 Å². The molecule has 45 heavy (non-hydrogen) atoms. The summed E-state index contributed by atoms with van der Waals surface area (Å²) in [4.78, 5) is 58.6. The Kier molecular flexibility index (Phi) is 12.8. The predicted octanol–water partition coefficient (Wildman–Crippen LogP) is 3.15. The summed E-state index contributed by atoms with van der Waals surface area (Å²) in [5.41, 5.74) is 6.56. The van der Waals surface area contributed by atoms with Gasteiger partial charge in [-0.15, -0.1) is 0 Å². The number of rotatable bonds is 10. The van der Waals surface area contributed by atoms with Crippen LogP contribution in [-0.2, 0) is 30.1 Å². The van der Waals surface area contributed by atoms with Crippen molar-refractivity contribution in [1.29, 1.82) is 0 Å². The molecule has 3 rings (SSSR count). The number of nitrogens with one attached hydrogen (secondary N) is 1. The first kappa shape index (κ1) is 36.8.